The zero-order chi connectivity index (χ0) is 26.2. The number of nitrogens with zero attached hydrogens (tertiary/aromatic N) is 3. The van der Waals surface area contributed by atoms with Crippen molar-refractivity contribution < 1.29 is 22.7 Å². The molecular weight excluding hydrogens is 499 g/mol. The third kappa shape index (κ3) is 4.86. The molecule has 2 aliphatic heterocycles. The van der Waals surface area contributed by atoms with Gasteiger partial charge in [0.1, 0.15) is 4.88 Å². The smallest absolute Gasteiger partial charge is 0.435 e. The number of fused-ring (bicyclic) bond motifs is 2. The molecule has 3 heterocycles. The Balaban J connectivity index is 1.49. The standard InChI is InChI=1S/C28H30F3N3O2S/c1-3-33-15-13-27(14-16-33)18-34(22-12-8-6-10-20(22)27)21-11-7-5-9-19(21)17-23-32-25(28(29,30)31)24(37-23)26(35)36-4-2/h5-12H,3-4,13-18H2,1-2H3. The molecule has 5 nitrogen and oxygen atoms in total. The van der Waals surface area contributed by atoms with Crippen LogP contribution in [0.15, 0.2) is 48.5 Å². The number of likely N-dealkylation sites (tertiary alicyclic amines) is 1. The minimum Gasteiger partial charge on any atom is -0.462 e. The first-order valence-electron chi connectivity index (χ1n) is 12.7. The number of alkyl halides is 3. The number of benzene rings is 2. The molecule has 2 aromatic carbocycles. The molecule has 196 valence electrons. The Morgan fingerprint density at radius 3 is 2.41 bits per heavy atom. The molecule has 9 heteroatoms. The van der Waals surface area contributed by atoms with Crippen molar-refractivity contribution in [2.75, 3.05) is 37.7 Å². The summed E-state index contributed by atoms with van der Waals surface area (Å²) in [5, 5.41) is 0.237. The molecule has 2 aliphatic rings. The van der Waals surface area contributed by atoms with Crippen LogP contribution in [0.2, 0.25) is 0 Å². The number of piperidine rings is 1. The maximum absolute atomic E-state index is 13.7. The molecule has 3 aromatic rings. The molecule has 0 bridgehead atoms. The number of hydrogen-bond donors (Lipinski definition) is 0. The number of aromatic nitrogens is 1. The van der Waals surface area contributed by atoms with E-state index in [4.69, 9.17) is 4.74 Å². The monoisotopic (exact) mass is 529 g/mol. The molecular formula is C28H30F3N3O2S. The van der Waals surface area contributed by atoms with Crippen LogP contribution in [0.4, 0.5) is 24.5 Å². The number of thiazole rings is 1. The predicted octanol–water partition coefficient (Wildman–Crippen LogP) is 6.43. The van der Waals surface area contributed by atoms with Gasteiger partial charge in [0, 0.05) is 29.8 Å². The van der Waals surface area contributed by atoms with E-state index in [0.29, 0.717) is 0 Å². The molecule has 37 heavy (non-hydrogen) atoms. The summed E-state index contributed by atoms with van der Waals surface area (Å²) in [4.78, 5) is 20.4. The van der Waals surface area contributed by atoms with E-state index in [1.54, 1.807) is 6.92 Å². The van der Waals surface area contributed by atoms with Gasteiger partial charge >= 0.3 is 12.1 Å². The molecule has 0 unspecified atom stereocenters. The first-order chi connectivity index (χ1) is 17.8. The van der Waals surface area contributed by atoms with Crippen molar-refractivity contribution in [3.63, 3.8) is 0 Å². The lowest BCUT2D eigenvalue weighted by molar-refractivity contribution is -0.141. The lowest BCUT2D eigenvalue weighted by Crippen LogP contribution is -2.44. The highest BCUT2D eigenvalue weighted by molar-refractivity contribution is 7.13. The second-order valence-electron chi connectivity index (χ2n) is 9.63. The van der Waals surface area contributed by atoms with Crippen LogP contribution < -0.4 is 4.90 Å². The van der Waals surface area contributed by atoms with Gasteiger partial charge in [-0.05, 0) is 62.7 Å². The largest absolute Gasteiger partial charge is 0.462 e. The van der Waals surface area contributed by atoms with Gasteiger partial charge in [-0.15, -0.1) is 11.3 Å². The lowest BCUT2D eigenvalue weighted by Gasteiger charge is -2.39. The van der Waals surface area contributed by atoms with Crippen molar-refractivity contribution in [3.8, 4) is 0 Å². The average molecular weight is 530 g/mol. The third-order valence-electron chi connectivity index (χ3n) is 7.51. The van der Waals surface area contributed by atoms with E-state index in [2.05, 4.69) is 39.9 Å². The Kier molecular flexibility index (Phi) is 7.02. The molecule has 0 atom stereocenters. The Morgan fingerprint density at radius 1 is 1.05 bits per heavy atom. The van der Waals surface area contributed by atoms with E-state index >= 15 is 0 Å². The fourth-order valence-corrected chi connectivity index (χ4v) is 6.62. The van der Waals surface area contributed by atoms with Crippen molar-refractivity contribution in [1.29, 1.82) is 0 Å². The van der Waals surface area contributed by atoms with Crippen LogP contribution in [0.3, 0.4) is 0 Å². The second-order valence-corrected chi connectivity index (χ2v) is 10.7. The summed E-state index contributed by atoms with van der Waals surface area (Å²) in [6.45, 7) is 7.74. The fraction of sp³-hybridized carbons (Fsp3) is 0.429. The van der Waals surface area contributed by atoms with Crippen LogP contribution in [0.25, 0.3) is 0 Å². The topological polar surface area (TPSA) is 45.7 Å². The quantitative estimate of drug-likeness (QED) is 0.344. The molecule has 1 saturated heterocycles. The number of hydrogen-bond acceptors (Lipinski definition) is 6. The Labute approximate surface area is 218 Å². The highest BCUT2D eigenvalue weighted by Crippen LogP contribution is 2.50. The number of ether oxygens (including phenoxy) is 1. The Hall–Kier alpha value is -2.91. The summed E-state index contributed by atoms with van der Waals surface area (Å²) < 4.78 is 45.9. The minimum absolute atomic E-state index is 0.00165. The number of carbonyl (C=O) groups excluding carboxylic acids is 1. The molecule has 0 radical (unpaired) electrons. The van der Waals surface area contributed by atoms with Gasteiger partial charge in [-0.2, -0.15) is 13.2 Å². The molecule has 0 amide bonds. The summed E-state index contributed by atoms with van der Waals surface area (Å²) in [7, 11) is 0. The number of halogens is 3. The summed E-state index contributed by atoms with van der Waals surface area (Å²) in [6.07, 6.45) is -2.40. The summed E-state index contributed by atoms with van der Waals surface area (Å²) >= 11 is 0.761. The van der Waals surface area contributed by atoms with E-state index in [1.165, 1.54) is 5.56 Å². The number of para-hydroxylation sites is 2. The number of carbonyl (C=O) groups is 1. The van der Waals surface area contributed by atoms with Crippen LogP contribution >= 0.6 is 11.3 Å². The van der Waals surface area contributed by atoms with Crippen molar-refractivity contribution in [2.24, 2.45) is 0 Å². The van der Waals surface area contributed by atoms with Crippen LogP contribution in [-0.4, -0.2) is 48.6 Å². The van der Waals surface area contributed by atoms with E-state index in [9.17, 15) is 18.0 Å². The Morgan fingerprint density at radius 2 is 1.73 bits per heavy atom. The third-order valence-corrected chi connectivity index (χ3v) is 8.55. The van der Waals surface area contributed by atoms with Gasteiger partial charge in [0.2, 0.25) is 0 Å². The van der Waals surface area contributed by atoms with E-state index in [0.717, 1.165) is 67.3 Å². The Bertz CT molecular complexity index is 1280. The van der Waals surface area contributed by atoms with Gasteiger partial charge in [0.15, 0.2) is 5.69 Å². The SMILES string of the molecule is CCOC(=O)c1sc(Cc2ccccc2N2CC3(CCN(CC)CC3)c3ccccc32)nc1C(F)(F)F. The summed E-state index contributed by atoms with van der Waals surface area (Å²) in [5.74, 6) is -0.985. The number of anilines is 2. The molecule has 0 N–H and O–H groups in total. The lowest BCUT2D eigenvalue weighted by atomic mass is 9.74. The van der Waals surface area contributed by atoms with Crippen molar-refractivity contribution in [2.45, 2.75) is 44.7 Å². The zero-order valence-corrected chi connectivity index (χ0v) is 21.8. The maximum atomic E-state index is 13.7. The van der Waals surface area contributed by atoms with Gasteiger partial charge in [-0.1, -0.05) is 43.3 Å². The van der Waals surface area contributed by atoms with E-state index < -0.39 is 22.7 Å². The zero-order valence-electron chi connectivity index (χ0n) is 21.0. The van der Waals surface area contributed by atoms with Crippen LogP contribution in [0, 0.1) is 0 Å². The van der Waals surface area contributed by atoms with Gasteiger partial charge < -0.3 is 14.5 Å². The van der Waals surface area contributed by atoms with Crippen LogP contribution in [0.5, 0.6) is 0 Å². The minimum atomic E-state index is -4.73. The molecule has 5 rings (SSSR count). The number of esters is 1. The average Bonchev–Trinajstić information content (AvgIpc) is 3.46. The predicted molar refractivity (Wildman–Crippen MR) is 139 cm³/mol. The van der Waals surface area contributed by atoms with Crippen molar-refractivity contribution in [3.05, 3.63) is 75.2 Å². The summed E-state index contributed by atoms with van der Waals surface area (Å²) in [6, 6.07) is 16.3. The van der Waals surface area contributed by atoms with Gasteiger partial charge in [-0.25, -0.2) is 9.78 Å². The van der Waals surface area contributed by atoms with Gasteiger partial charge in [-0.3, -0.25) is 0 Å². The highest BCUT2D eigenvalue weighted by Gasteiger charge is 2.45. The molecule has 0 aliphatic carbocycles. The van der Waals surface area contributed by atoms with Gasteiger partial charge in [0.05, 0.1) is 11.6 Å². The van der Waals surface area contributed by atoms with Gasteiger partial charge in [0.25, 0.3) is 0 Å². The normalized spacial score (nSPS) is 17.3. The molecule has 1 spiro atoms. The number of rotatable bonds is 6. The maximum Gasteiger partial charge on any atom is 0.435 e. The summed E-state index contributed by atoms with van der Waals surface area (Å²) in [5.41, 5.74) is 3.22. The molecule has 0 saturated carbocycles. The first kappa shape index (κ1) is 25.7. The second kappa shape index (κ2) is 10.1. The van der Waals surface area contributed by atoms with Crippen LogP contribution in [0.1, 0.15) is 58.2 Å². The molecule has 1 aromatic heterocycles. The van der Waals surface area contributed by atoms with Crippen molar-refractivity contribution >= 4 is 28.7 Å². The van der Waals surface area contributed by atoms with Crippen LogP contribution in [-0.2, 0) is 22.7 Å². The molecule has 1 fully saturated rings. The van der Waals surface area contributed by atoms with E-state index in [-0.39, 0.29) is 23.5 Å². The van der Waals surface area contributed by atoms with E-state index in [1.807, 2.05) is 30.3 Å². The van der Waals surface area contributed by atoms with Crippen molar-refractivity contribution in [1.82, 2.24) is 9.88 Å². The highest BCUT2D eigenvalue weighted by atomic mass is 32.1. The fourth-order valence-electron chi connectivity index (χ4n) is 5.62. The first-order valence-corrected chi connectivity index (χ1v) is 13.5.